The van der Waals surface area contributed by atoms with Crippen molar-refractivity contribution in [2.45, 2.75) is 42.7 Å². The number of rotatable bonds is 3. The average molecular weight is 267 g/mol. The molecule has 4 heteroatoms. The minimum Gasteiger partial charge on any atom is -0.344 e. The molecule has 3 nitrogen and oxygen atoms in total. The first-order chi connectivity index (χ1) is 8.49. The molecular weight excluding hydrogens is 246 g/mol. The van der Waals surface area contributed by atoms with Crippen molar-refractivity contribution in [1.29, 1.82) is 0 Å². The maximum Gasteiger partial charge on any atom is 0.192 e. The van der Waals surface area contributed by atoms with Gasteiger partial charge in [0.1, 0.15) is 0 Å². The Morgan fingerprint density at radius 3 is 2.28 bits per heavy atom. The third kappa shape index (κ3) is 3.26. The van der Waals surface area contributed by atoms with Crippen molar-refractivity contribution < 1.29 is 9.47 Å². The van der Waals surface area contributed by atoms with Crippen LogP contribution < -0.4 is 5.73 Å². The number of hydrogen-bond donors (Lipinski definition) is 1. The molecule has 0 radical (unpaired) electrons. The average Bonchev–Trinajstić information content (AvgIpc) is 2.33. The molecule has 0 bridgehead atoms. The van der Waals surface area contributed by atoms with Crippen molar-refractivity contribution in [2.24, 2.45) is 5.73 Å². The van der Waals surface area contributed by atoms with Gasteiger partial charge in [-0.25, -0.2) is 0 Å². The van der Waals surface area contributed by atoms with E-state index in [9.17, 15) is 0 Å². The number of thioether (sulfide) groups is 1. The van der Waals surface area contributed by atoms with Crippen molar-refractivity contribution in [2.75, 3.05) is 13.2 Å². The lowest BCUT2D eigenvalue weighted by atomic mass is 10.1. The first-order valence-corrected chi connectivity index (χ1v) is 7.18. The van der Waals surface area contributed by atoms with Gasteiger partial charge in [-0.3, -0.25) is 0 Å². The molecule has 1 aliphatic rings. The van der Waals surface area contributed by atoms with Gasteiger partial charge in [0.05, 0.1) is 19.3 Å². The van der Waals surface area contributed by atoms with Gasteiger partial charge in [0.15, 0.2) is 5.79 Å². The molecule has 2 N–H and O–H groups in total. The highest BCUT2D eigenvalue weighted by molar-refractivity contribution is 7.99. The van der Waals surface area contributed by atoms with Crippen molar-refractivity contribution >= 4 is 11.8 Å². The topological polar surface area (TPSA) is 44.5 Å². The number of ether oxygens (including phenoxy) is 2. The van der Waals surface area contributed by atoms with Crippen LogP contribution in [0.1, 0.15) is 26.3 Å². The van der Waals surface area contributed by atoms with Crippen LogP contribution in [-0.4, -0.2) is 24.5 Å². The lowest BCUT2D eigenvalue weighted by Gasteiger charge is -2.36. The SMILES string of the molecule is CC(C)Sc1ccc(C2(C)OCC(N)CO2)cc1. The molecule has 0 unspecified atom stereocenters. The summed E-state index contributed by atoms with van der Waals surface area (Å²) >= 11 is 1.85. The molecule has 0 spiro atoms. The molecule has 0 amide bonds. The van der Waals surface area contributed by atoms with Gasteiger partial charge in [-0.05, 0) is 19.1 Å². The molecule has 1 aliphatic heterocycles. The van der Waals surface area contributed by atoms with Crippen LogP contribution >= 0.6 is 11.8 Å². The summed E-state index contributed by atoms with van der Waals surface area (Å²) in [4.78, 5) is 1.27. The number of nitrogens with two attached hydrogens (primary N) is 1. The lowest BCUT2D eigenvalue weighted by molar-refractivity contribution is -0.270. The first-order valence-electron chi connectivity index (χ1n) is 6.30. The van der Waals surface area contributed by atoms with Gasteiger partial charge in [0, 0.05) is 15.7 Å². The van der Waals surface area contributed by atoms with E-state index in [0.29, 0.717) is 18.5 Å². The molecule has 0 atom stereocenters. The van der Waals surface area contributed by atoms with E-state index in [1.807, 2.05) is 18.7 Å². The van der Waals surface area contributed by atoms with Crippen LogP contribution in [0.3, 0.4) is 0 Å². The maximum atomic E-state index is 5.76. The first kappa shape index (κ1) is 13.9. The zero-order chi connectivity index (χ0) is 13.2. The maximum absolute atomic E-state index is 5.76. The van der Waals surface area contributed by atoms with Crippen molar-refractivity contribution in [3.8, 4) is 0 Å². The normalized spacial score (nSPS) is 28.6. The van der Waals surface area contributed by atoms with Crippen LogP contribution in [0.15, 0.2) is 29.2 Å². The Bertz CT molecular complexity index is 383. The Morgan fingerprint density at radius 2 is 1.78 bits per heavy atom. The molecule has 1 fully saturated rings. The van der Waals surface area contributed by atoms with Crippen LogP contribution in [0.25, 0.3) is 0 Å². The quantitative estimate of drug-likeness (QED) is 0.855. The van der Waals surface area contributed by atoms with Crippen LogP contribution in [0.5, 0.6) is 0 Å². The van der Waals surface area contributed by atoms with Gasteiger partial charge in [0.25, 0.3) is 0 Å². The summed E-state index contributed by atoms with van der Waals surface area (Å²) in [5.41, 5.74) is 6.80. The Labute approximate surface area is 113 Å². The van der Waals surface area contributed by atoms with E-state index in [0.717, 1.165) is 5.56 Å². The summed E-state index contributed by atoms with van der Waals surface area (Å²) < 4.78 is 11.5. The molecular formula is C14H21NO2S. The smallest absolute Gasteiger partial charge is 0.192 e. The second kappa shape index (κ2) is 5.61. The van der Waals surface area contributed by atoms with E-state index in [1.54, 1.807) is 0 Å². The molecule has 1 heterocycles. The largest absolute Gasteiger partial charge is 0.344 e. The fraction of sp³-hybridized carbons (Fsp3) is 0.571. The van der Waals surface area contributed by atoms with E-state index in [1.165, 1.54) is 4.90 Å². The molecule has 0 aliphatic carbocycles. The standard InChI is InChI=1S/C14H21NO2S/c1-10(2)18-13-6-4-11(5-7-13)14(3)16-8-12(15)9-17-14/h4-7,10,12H,8-9,15H2,1-3H3. The molecule has 0 aromatic heterocycles. The van der Waals surface area contributed by atoms with E-state index in [-0.39, 0.29) is 6.04 Å². The highest BCUT2D eigenvalue weighted by Crippen LogP contribution is 2.32. The molecule has 1 aromatic carbocycles. The molecule has 1 aromatic rings. The van der Waals surface area contributed by atoms with Crippen LogP contribution in [0, 0.1) is 0 Å². The summed E-state index contributed by atoms with van der Waals surface area (Å²) in [5, 5.41) is 0.589. The summed E-state index contributed by atoms with van der Waals surface area (Å²) in [5.74, 6) is -0.656. The van der Waals surface area contributed by atoms with Crippen molar-refractivity contribution in [1.82, 2.24) is 0 Å². The number of hydrogen-bond acceptors (Lipinski definition) is 4. The molecule has 18 heavy (non-hydrogen) atoms. The van der Waals surface area contributed by atoms with E-state index in [4.69, 9.17) is 15.2 Å². The Hall–Kier alpha value is -0.550. The van der Waals surface area contributed by atoms with E-state index < -0.39 is 5.79 Å². The third-order valence-electron chi connectivity index (χ3n) is 2.90. The summed E-state index contributed by atoms with van der Waals surface area (Å²) in [6, 6.07) is 8.36. The van der Waals surface area contributed by atoms with Crippen LogP contribution in [-0.2, 0) is 15.3 Å². The molecule has 100 valence electrons. The second-order valence-electron chi connectivity index (χ2n) is 5.02. The fourth-order valence-electron chi connectivity index (χ4n) is 1.90. The molecule has 0 saturated carbocycles. The predicted molar refractivity (Wildman–Crippen MR) is 74.7 cm³/mol. The van der Waals surface area contributed by atoms with Gasteiger partial charge in [0.2, 0.25) is 0 Å². The highest BCUT2D eigenvalue weighted by atomic mass is 32.2. The monoisotopic (exact) mass is 267 g/mol. The molecule has 1 saturated heterocycles. The summed E-state index contributed by atoms with van der Waals surface area (Å²) in [7, 11) is 0. The zero-order valence-corrected chi connectivity index (χ0v) is 12.0. The fourth-order valence-corrected chi connectivity index (χ4v) is 2.73. The van der Waals surface area contributed by atoms with E-state index in [2.05, 4.69) is 38.1 Å². The second-order valence-corrected chi connectivity index (χ2v) is 6.67. The van der Waals surface area contributed by atoms with Crippen LogP contribution in [0.2, 0.25) is 0 Å². The minimum absolute atomic E-state index is 0.0196. The Balaban J connectivity index is 2.09. The van der Waals surface area contributed by atoms with Crippen molar-refractivity contribution in [3.63, 3.8) is 0 Å². The van der Waals surface area contributed by atoms with Gasteiger partial charge >= 0.3 is 0 Å². The zero-order valence-electron chi connectivity index (χ0n) is 11.2. The van der Waals surface area contributed by atoms with Gasteiger partial charge in [-0.1, -0.05) is 26.0 Å². The highest BCUT2D eigenvalue weighted by Gasteiger charge is 2.33. The third-order valence-corrected chi connectivity index (χ3v) is 3.91. The lowest BCUT2D eigenvalue weighted by Crippen LogP contribution is -2.46. The Morgan fingerprint density at radius 1 is 1.22 bits per heavy atom. The van der Waals surface area contributed by atoms with E-state index >= 15 is 0 Å². The minimum atomic E-state index is -0.656. The summed E-state index contributed by atoms with van der Waals surface area (Å²) in [6.07, 6.45) is 0. The van der Waals surface area contributed by atoms with Gasteiger partial charge in [-0.2, -0.15) is 0 Å². The Kier molecular flexibility index (Phi) is 4.33. The van der Waals surface area contributed by atoms with Gasteiger partial charge < -0.3 is 15.2 Å². The predicted octanol–water partition coefficient (Wildman–Crippen LogP) is 2.73. The van der Waals surface area contributed by atoms with Gasteiger partial charge in [-0.15, -0.1) is 11.8 Å². The number of benzene rings is 1. The van der Waals surface area contributed by atoms with Crippen LogP contribution in [0.4, 0.5) is 0 Å². The van der Waals surface area contributed by atoms with Crippen molar-refractivity contribution in [3.05, 3.63) is 29.8 Å². The summed E-state index contributed by atoms with van der Waals surface area (Å²) in [6.45, 7) is 7.41. The molecule has 2 rings (SSSR count).